The highest BCUT2D eigenvalue weighted by Gasteiger charge is 2.35. The number of carbonyl (C=O) groups is 3. The quantitative estimate of drug-likeness (QED) is 0.295. The number of hydrogen-bond acceptors (Lipinski definition) is 6. The maximum atomic E-state index is 12.5. The van der Waals surface area contributed by atoms with Crippen molar-refractivity contribution in [1.29, 1.82) is 0 Å². The average Bonchev–Trinajstić information content (AvgIpc) is 2.56. The Morgan fingerprint density at radius 1 is 1.27 bits per heavy atom. The molecule has 0 spiro atoms. The zero-order chi connectivity index (χ0) is 20.0. The van der Waals surface area contributed by atoms with Crippen molar-refractivity contribution in [3.8, 4) is 0 Å². The number of nitrogens with one attached hydrogen (secondary N) is 3. The van der Waals surface area contributed by atoms with Gasteiger partial charge in [-0.3, -0.25) is 14.4 Å². The molecule has 1 aliphatic rings. The second kappa shape index (κ2) is 9.65. The molecular formula is C17H30N4O5. The summed E-state index contributed by atoms with van der Waals surface area (Å²) < 4.78 is 0. The summed E-state index contributed by atoms with van der Waals surface area (Å²) in [6, 6.07) is -2.25. The minimum atomic E-state index is -1.23. The second-order valence-electron chi connectivity index (χ2n) is 7.06. The smallest absolute Gasteiger partial charge is 0.247 e. The van der Waals surface area contributed by atoms with Crippen molar-refractivity contribution < 1.29 is 24.6 Å². The Balaban J connectivity index is 2.91. The SMILES string of the molecule is CNC(C)C(=O)NC1C=C(C(=O)NC(CC(C)C)C(N)=O)CC(O)C1O. The average molecular weight is 370 g/mol. The summed E-state index contributed by atoms with van der Waals surface area (Å²) in [5.74, 6) is -1.43. The summed E-state index contributed by atoms with van der Waals surface area (Å²) in [7, 11) is 1.61. The van der Waals surface area contributed by atoms with E-state index in [2.05, 4.69) is 16.0 Å². The Labute approximate surface area is 153 Å². The first-order valence-electron chi connectivity index (χ1n) is 8.71. The van der Waals surface area contributed by atoms with Crippen molar-refractivity contribution in [3.63, 3.8) is 0 Å². The van der Waals surface area contributed by atoms with Crippen LogP contribution in [0.5, 0.6) is 0 Å². The van der Waals surface area contributed by atoms with Gasteiger partial charge in [0.2, 0.25) is 17.7 Å². The maximum absolute atomic E-state index is 12.5. The highest BCUT2D eigenvalue weighted by Crippen LogP contribution is 2.20. The largest absolute Gasteiger partial charge is 0.390 e. The van der Waals surface area contributed by atoms with Crippen LogP contribution < -0.4 is 21.7 Å². The van der Waals surface area contributed by atoms with Gasteiger partial charge in [-0.15, -0.1) is 0 Å². The van der Waals surface area contributed by atoms with Gasteiger partial charge in [0, 0.05) is 12.0 Å². The Hall–Kier alpha value is -1.97. The van der Waals surface area contributed by atoms with E-state index in [0.29, 0.717) is 6.42 Å². The molecular weight excluding hydrogens is 340 g/mol. The number of aliphatic hydroxyl groups excluding tert-OH is 2. The molecule has 0 fully saturated rings. The van der Waals surface area contributed by atoms with Crippen LogP contribution in [0.4, 0.5) is 0 Å². The van der Waals surface area contributed by atoms with Crippen LogP contribution in [0.25, 0.3) is 0 Å². The van der Waals surface area contributed by atoms with E-state index in [0.717, 1.165) is 0 Å². The summed E-state index contributed by atoms with van der Waals surface area (Å²) in [4.78, 5) is 36.0. The molecule has 0 aromatic carbocycles. The fourth-order valence-electron chi connectivity index (χ4n) is 2.65. The number of likely N-dealkylation sites (N-methyl/N-ethyl adjacent to an activating group) is 1. The van der Waals surface area contributed by atoms with E-state index in [1.54, 1.807) is 14.0 Å². The van der Waals surface area contributed by atoms with Gasteiger partial charge < -0.3 is 31.9 Å². The molecule has 5 atom stereocenters. The van der Waals surface area contributed by atoms with E-state index in [1.807, 2.05) is 13.8 Å². The molecule has 0 saturated heterocycles. The molecule has 5 unspecified atom stereocenters. The van der Waals surface area contributed by atoms with Crippen LogP contribution >= 0.6 is 0 Å². The Bertz CT molecular complexity index is 563. The third-order valence-corrected chi connectivity index (χ3v) is 4.35. The lowest BCUT2D eigenvalue weighted by Crippen LogP contribution is -2.54. The van der Waals surface area contributed by atoms with Gasteiger partial charge in [-0.1, -0.05) is 19.9 Å². The van der Waals surface area contributed by atoms with Crippen LogP contribution in [0.15, 0.2) is 11.6 Å². The number of rotatable bonds is 8. The van der Waals surface area contributed by atoms with E-state index in [4.69, 9.17) is 5.73 Å². The molecule has 0 aliphatic heterocycles. The molecule has 1 aliphatic carbocycles. The van der Waals surface area contributed by atoms with Gasteiger partial charge in [-0.2, -0.15) is 0 Å². The Morgan fingerprint density at radius 3 is 2.38 bits per heavy atom. The number of hydrogen-bond donors (Lipinski definition) is 6. The molecule has 0 aromatic heterocycles. The summed E-state index contributed by atoms with van der Waals surface area (Å²) in [6.07, 6.45) is -0.747. The van der Waals surface area contributed by atoms with E-state index in [-0.39, 0.29) is 23.8 Å². The highest BCUT2D eigenvalue weighted by molar-refractivity contribution is 5.97. The molecule has 0 bridgehead atoms. The minimum absolute atomic E-state index is 0.0892. The summed E-state index contributed by atoms with van der Waals surface area (Å²) >= 11 is 0. The second-order valence-corrected chi connectivity index (χ2v) is 7.06. The van der Waals surface area contributed by atoms with Crippen LogP contribution in [0.1, 0.15) is 33.6 Å². The lowest BCUT2D eigenvalue weighted by atomic mass is 9.89. The van der Waals surface area contributed by atoms with E-state index >= 15 is 0 Å². The number of amides is 3. The highest BCUT2D eigenvalue weighted by atomic mass is 16.3. The normalized spacial score (nSPS) is 25.2. The molecule has 0 heterocycles. The molecule has 0 saturated carbocycles. The van der Waals surface area contributed by atoms with Crippen molar-refractivity contribution in [1.82, 2.24) is 16.0 Å². The van der Waals surface area contributed by atoms with Crippen molar-refractivity contribution in [3.05, 3.63) is 11.6 Å². The van der Waals surface area contributed by atoms with Crippen LogP contribution in [-0.4, -0.2) is 65.3 Å². The molecule has 26 heavy (non-hydrogen) atoms. The molecule has 9 heteroatoms. The number of carbonyl (C=O) groups excluding carboxylic acids is 3. The molecule has 9 nitrogen and oxygen atoms in total. The van der Waals surface area contributed by atoms with Gasteiger partial charge in [0.1, 0.15) is 12.1 Å². The first-order chi connectivity index (χ1) is 12.1. The van der Waals surface area contributed by atoms with Crippen molar-refractivity contribution >= 4 is 17.7 Å². The third-order valence-electron chi connectivity index (χ3n) is 4.35. The zero-order valence-corrected chi connectivity index (χ0v) is 15.7. The maximum Gasteiger partial charge on any atom is 0.247 e. The standard InChI is InChI=1S/C17H30N4O5/c1-8(2)5-12(15(18)24)21-17(26)10-6-11(14(23)13(22)7-10)20-16(25)9(3)19-4/h6,8-9,11-14,19,22-23H,5,7H2,1-4H3,(H2,18,24)(H,20,25)(H,21,26). The molecule has 7 N–H and O–H groups in total. The van der Waals surface area contributed by atoms with Crippen molar-refractivity contribution in [2.45, 2.75) is 63.9 Å². The molecule has 0 aromatic rings. The summed E-state index contributed by atoms with van der Waals surface area (Å²) in [6.45, 7) is 5.44. The van der Waals surface area contributed by atoms with E-state index < -0.39 is 42.1 Å². The van der Waals surface area contributed by atoms with Gasteiger partial charge in [0.25, 0.3) is 0 Å². The number of nitrogens with two attached hydrogens (primary N) is 1. The van der Waals surface area contributed by atoms with Crippen molar-refractivity contribution in [2.24, 2.45) is 11.7 Å². The van der Waals surface area contributed by atoms with E-state index in [1.165, 1.54) is 6.08 Å². The molecule has 3 amide bonds. The van der Waals surface area contributed by atoms with Gasteiger partial charge in [0.15, 0.2) is 0 Å². The predicted octanol–water partition coefficient (Wildman–Crippen LogP) is -1.85. The van der Waals surface area contributed by atoms with Gasteiger partial charge >= 0.3 is 0 Å². The zero-order valence-electron chi connectivity index (χ0n) is 15.7. The minimum Gasteiger partial charge on any atom is -0.390 e. The molecule has 0 radical (unpaired) electrons. The third kappa shape index (κ3) is 6.08. The monoisotopic (exact) mass is 370 g/mol. The lowest BCUT2D eigenvalue weighted by Gasteiger charge is -2.32. The number of primary amides is 1. The fraction of sp³-hybridized carbons (Fsp3) is 0.706. The van der Waals surface area contributed by atoms with Crippen LogP contribution in [0.2, 0.25) is 0 Å². The van der Waals surface area contributed by atoms with Crippen LogP contribution in [-0.2, 0) is 14.4 Å². The molecule has 1 rings (SSSR count). The predicted molar refractivity (Wildman–Crippen MR) is 95.7 cm³/mol. The Morgan fingerprint density at radius 2 is 1.88 bits per heavy atom. The Kier molecular flexibility index (Phi) is 8.19. The van der Waals surface area contributed by atoms with Crippen LogP contribution in [0.3, 0.4) is 0 Å². The van der Waals surface area contributed by atoms with Gasteiger partial charge in [-0.05, 0) is 26.3 Å². The van der Waals surface area contributed by atoms with Gasteiger partial charge in [0.05, 0.1) is 18.2 Å². The van der Waals surface area contributed by atoms with Crippen molar-refractivity contribution in [2.75, 3.05) is 7.05 Å². The van der Waals surface area contributed by atoms with Crippen LogP contribution in [0, 0.1) is 5.92 Å². The number of aliphatic hydroxyl groups is 2. The summed E-state index contributed by atoms with van der Waals surface area (Å²) in [5, 5.41) is 28.0. The molecule has 148 valence electrons. The van der Waals surface area contributed by atoms with Gasteiger partial charge in [-0.25, -0.2) is 0 Å². The first-order valence-corrected chi connectivity index (χ1v) is 8.71. The summed E-state index contributed by atoms with van der Waals surface area (Å²) in [5.41, 5.74) is 5.51. The lowest BCUT2D eigenvalue weighted by molar-refractivity contribution is -0.126. The van der Waals surface area contributed by atoms with E-state index in [9.17, 15) is 24.6 Å². The first kappa shape index (κ1) is 22.1. The topological polar surface area (TPSA) is 154 Å². The fourth-order valence-corrected chi connectivity index (χ4v) is 2.65.